The maximum atomic E-state index is 12.3. The molecule has 0 spiro atoms. The highest BCUT2D eigenvalue weighted by Crippen LogP contribution is 2.25. The molecule has 120 valence electrons. The summed E-state index contributed by atoms with van der Waals surface area (Å²) in [6.07, 6.45) is 1.64. The zero-order chi connectivity index (χ0) is 16.7. The molecule has 0 aliphatic rings. The Labute approximate surface area is 137 Å². The highest BCUT2D eigenvalue weighted by Gasteiger charge is 2.18. The lowest BCUT2D eigenvalue weighted by molar-refractivity contribution is -0.385. The van der Waals surface area contributed by atoms with E-state index in [0.717, 1.165) is 4.88 Å². The highest BCUT2D eigenvalue weighted by molar-refractivity contribution is 7.09. The molecule has 2 aromatic rings. The third kappa shape index (κ3) is 4.65. The molecule has 0 atom stereocenters. The first kappa shape index (κ1) is 16.7. The van der Waals surface area contributed by atoms with Crippen molar-refractivity contribution in [3.05, 3.63) is 69.4 Å². The van der Waals surface area contributed by atoms with Gasteiger partial charge in [-0.2, -0.15) is 0 Å². The fourth-order valence-electron chi connectivity index (χ4n) is 1.96. The van der Waals surface area contributed by atoms with Crippen molar-refractivity contribution in [1.82, 2.24) is 4.90 Å². The van der Waals surface area contributed by atoms with Crippen molar-refractivity contribution in [2.45, 2.75) is 6.54 Å². The first-order valence-electron chi connectivity index (χ1n) is 6.89. The molecule has 0 bridgehead atoms. The highest BCUT2D eigenvalue weighted by atomic mass is 32.1. The first-order valence-corrected chi connectivity index (χ1v) is 7.77. The van der Waals surface area contributed by atoms with Gasteiger partial charge in [0, 0.05) is 17.5 Å². The van der Waals surface area contributed by atoms with Crippen LogP contribution in [0.4, 0.5) is 5.69 Å². The lowest BCUT2D eigenvalue weighted by Crippen LogP contribution is -2.34. The minimum absolute atomic E-state index is 0.0838. The van der Waals surface area contributed by atoms with E-state index in [1.807, 2.05) is 17.5 Å². The van der Waals surface area contributed by atoms with Gasteiger partial charge in [0.25, 0.3) is 5.91 Å². The molecular weight excluding hydrogens is 316 g/mol. The molecule has 0 N–H and O–H groups in total. The van der Waals surface area contributed by atoms with Gasteiger partial charge in [-0.15, -0.1) is 17.9 Å². The van der Waals surface area contributed by atoms with Crippen molar-refractivity contribution in [1.29, 1.82) is 0 Å². The topological polar surface area (TPSA) is 72.7 Å². The van der Waals surface area contributed by atoms with Crippen LogP contribution in [0.25, 0.3) is 0 Å². The summed E-state index contributed by atoms with van der Waals surface area (Å²) >= 11 is 1.56. The van der Waals surface area contributed by atoms with Crippen molar-refractivity contribution >= 4 is 22.9 Å². The van der Waals surface area contributed by atoms with Gasteiger partial charge in [-0.1, -0.05) is 24.3 Å². The summed E-state index contributed by atoms with van der Waals surface area (Å²) < 4.78 is 5.34. The molecule has 0 fully saturated rings. The fourth-order valence-corrected chi connectivity index (χ4v) is 2.68. The van der Waals surface area contributed by atoms with Crippen LogP contribution in [0.15, 0.2) is 54.4 Å². The lowest BCUT2D eigenvalue weighted by atomic mass is 10.3. The van der Waals surface area contributed by atoms with Crippen LogP contribution in [-0.2, 0) is 11.3 Å². The predicted octanol–water partition coefficient (Wildman–Crippen LogP) is 3.25. The molecule has 0 aliphatic heterocycles. The Bertz CT molecular complexity index is 685. The van der Waals surface area contributed by atoms with Crippen molar-refractivity contribution in [2.75, 3.05) is 13.2 Å². The van der Waals surface area contributed by atoms with Crippen molar-refractivity contribution in [2.24, 2.45) is 0 Å². The summed E-state index contributed by atoms with van der Waals surface area (Å²) in [4.78, 5) is 25.3. The Morgan fingerprint density at radius 1 is 1.35 bits per heavy atom. The molecule has 1 amide bonds. The molecule has 7 heteroatoms. The van der Waals surface area contributed by atoms with Crippen LogP contribution in [0.1, 0.15) is 4.88 Å². The Balaban J connectivity index is 2.01. The van der Waals surface area contributed by atoms with Gasteiger partial charge >= 0.3 is 5.69 Å². The molecular formula is C16H16N2O4S. The zero-order valence-corrected chi connectivity index (χ0v) is 13.2. The average Bonchev–Trinajstić information content (AvgIpc) is 3.05. The number of amides is 1. The summed E-state index contributed by atoms with van der Waals surface area (Å²) in [7, 11) is 0. The van der Waals surface area contributed by atoms with E-state index in [1.165, 1.54) is 12.1 Å². The number of rotatable bonds is 8. The Kier molecular flexibility index (Phi) is 5.87. The van der Waals surface area contributed by atoms with Crippen LogP contribution >= 0.6 is 11.3 Å². The maximum absolute atomic E-state index is 12.3. The van der Waals surface area contributed by atoms with Gasteiger partial charge in [0.2, 0.25) is 0 Å². The first-order chi connectivity index (χ1) is 11.1. The van der Waals surface area contributed by atoms with E-state index in [9.17, 15) is 14.9 Å². The van der Waals surface area contributed by atoms with Crippen molar-refractivity contribution in [3.8, 4) is 5.75 Å². The maximum Gasteiger partial charge on any atom is 0.310 e. The normalized spacial score (nSPS) is 10.1. The van der Waals surface area contributed by atoms with Crippen LogP contribution in [0.3, 0.4) is 0 Å². The minimum atomic E-state index is -0.535. The summed E-state index contributed by atoms with van der Waals surface area (Å²) in [6, 6.07) is 9.85. The molecule has 0 saturated heterocycles. The van der Waals surface area contributed by atoms with E-state index in [4.69, 9.17) is 4.74 Å². The van der Waals surface area contributed by atoms with Gasteiger partial charge in [0.05, 0.1) is 11.5 Å². The second-order valence-corrected chi connectivity index (χ2v) is 5.69. The summed E-state index contributed by atoms with van der Waals surface area (Å²) in [5, 5.41) is 12.9. The second-order valence-electron chi connectivity index (χ2n) is 4.66. The monoisotopic (exact) mass is 332 g/mol. The van der Waals surface area contributed by atoms with E-state index in [1.54, 1.807) is 34.4 Å². The zero-order valence-electron chi connectivity index (χ0n) is 12.4. The van der Waals surface area contributed by atoms with Crippen LogP contribution in [0.2, 0.25) is 0 Å². The summed E-state index contributed by atoms with van der Waals surface area (Å²) in [5.41, 5.74) is -0.158. The Hall–Kier alpha value is -2.67. The Morgan fingerprint density at radius 3 is 2.78 bits per heavy atom. The van der Waals surface area contributed by atoms with E-state index in [0.29, 0.717) is 13.1 Å². The molecule has 1 aromatic carbocycles. The van der Waals surface area contributed by atoms with Crippen LogP contribution in [0, 0.1) is 10.1 Å². The van der Waals surface area contributed by atoms with E-state index in [-0.39, 0.29) is 24.0 Å². The molecule has 23 heavy (non-hydrogen) atoms. The number of hydrogen-bond acceptors (Lipinski definition) is 5. The van der Waals surface area contributed by atoms with Gasteiger partial charge in [0.1, 0.15) is 0 Å². The SMILES string of the molecule is C=CCN(Cc1cccs1)C(=O)COc1ccccc1[N+](=O)[O-]. The number of nitro groups is 1. The van der Waals surface area contributed by atoms with Gasteiger partial charge in [-0.25, -0.2) is 0 Å². The second kappa shape index (κ2) is 8.09. The number of para-hydroxylation sites is 2. The van der Waals surface area contributed by atoms with Gasteiger partial charge in [-0.3, -0.25) is 14.9 Å². The number of nitro benzene ring substituents is 1. The van der Waals surface area contributed by atoms with Crippen molar-refractivity contribution in [3.63, 3.8) is 0 Å². The van der Waals surface area contributed by atoms with Crippen LogP contribution in [0.5, 0.6) is 5.75 Å². The third-order valence-corrected chi connectivity index (χ3v) is 3.90. The number of hydrogen-bond donors (Lipinski definition) is 0. The third-order valence-electron chi connectivity index (χ3n) is 3.04. The minimum Gasteiger partial charge on any atom is -0.477 e. The molecule has 0 aliphatic carbocycles. The van der Waals surface area contributed by atoms with Crippen LogP contribution in [-0.4, -0.2) is 28.9 Å². The fraction of sp³-hybridized carbons (Fsp3) is 0.188. The molecule has 0 radical (unpaired) electrons. The molecule has 0 saturated carbocycles. The summed E-state index contributed by atoms with van der Waals surface area (Å²) in [5.74, 6) is -0.169. The van der Waals surface area contributed by atoms with Crippen LogP contribution < -0.4 is 4.74 Å². The Morgan fingerprint density at radius 2 is 2.13 bits per heavy atom. The van der Waals surface area contributed by atoms with Crippen molar-refractivity contribution < 1.29 is 14.5 Å². The molecule has 1 heterocycles. The number of carbonyl (C=O) groups is 1. The summed E-state index contributed by atoms with van der Waals surface area (Å²) in [6.45, 7) is 4.23. The van der Waals surface area contributed by atoms with Gasteiger partial charge < -0.3 is 9.64 Å². The molecule has 2 rings (SSSR count). The lowest BCUT2D eigenvalue weighted by Gasteiger charge is -2.20. The quantitative estimate of drug-likeness (QED) is 0.422. The number of benzene rings is 1. The number of nitrogens with zero attached hydrogens (tertiary/aromatic N) is 2. The van der Waals surface area contributed by atoms with Gasteiger partial charge in [0.15, 0.2) is 12.4 Å². The average molecular weight is 332 g/mol. The largest absolute Gasteiger partial charge is 0.477 e. The molecule has 1 aromatic heterocycles. The number of thiophene rings is 1. The smallest absolute Gasteiger partial charge is 0.310 e. The van der Waals surface area contributed by atoms with E-state index < -0.39 is 4.92 Å². The standard InChI is InChI=1S/C16H16N2O4S/c1-2-9-17(11-13-6-5-10-23-13)16(19)12-22-15-8-4-3-7-14(15)18(20)21/h2-8,10H,1,9,11-12H2. The number of carbonyl (C=O) groups excluding carboxylic acids is 1. The molecule has 6 nitrogen and oxygen atoms in total. The van der Waals surface area contributed by atoms with E-state index >= 15 is 0 Å². The predicted molar refractivity (Wildman–Crippen MR) is 88.5 cm³/mol. The number of ether oxygens (including phenoxy) is 1. The van der Waals surface area contributed by atoms with E-state index in [2.05, 4.69) is 6.58 Å². The van der Waals surface area contributed by atoms with Gasteiger partial charge in [-0.05, 0) is 17.5 Å². The molecule has 0 unspecified atom stereocenters.